The maximum absolute atomic E-state index is 12.0. The van der Waals surface area contributed by atoms with Crippen molar-refractivity contribution in [3.05, 3.63) is 64.1 Å². The molecular formula is C17H20N2O2. The number of nitrogens with one attached hydrogen (secondary N) is 2. The molecule has 0 radical (unpaired) electrons. The second kappa shape index (κ2) is 7.43. The van der Waals surface area contributed by atoms with E-state index in [1.807, 2.05) is 24.3 Å². The lowest BCUT2D eigenvalue weighted by atomic mass is 10.1. The van der Waals surface area contributed by atoms with Crippen LogP contribution in [0.1, 0.15) is 42.2 Å². The number of carbonyl (C=O) groups is 1. The van der Waals surface area contributed by atoms with Crippen LogP contribution in [0.2, 0.25) is 0 Å². The summed E-state index contributed by atoms with van der Waals surface area (Å²) in [4.78, 5) is 25.7. The predicted octanol–water partition coefficient (Wildman–Crippen LogP) is 3.36. The van der Waals surface area contributed by atoms with Gasteiger partial charge in [0.1, 0.15) is 5.69 Å². The number of rotatable bonds is 6. The molecule has 0 bridgehead atoms. The number of aryl methyl sites for hydroxylation is 1. The minimum Gasteiger partial charge on any atom is -0.321 e. The van der Waals surface area contributed by atoms with Gasteiger partial charge in [0.15, 0.2) is 0 Å². The molecule has 1 amide bonds. The topological polar surface area (TPSA) is 62.0 Å². The van der Waals surface area contributed by atoms with Gasteiger partial charge in [0.2, 0.25) is 5.56 Å². The molecule has 0 spiro atoms. The summed E-state index contributed by atoms with van der Waals surface area (Å²) in [5.41, 5.74) is 1.97. The van der Waals surface area contributed by atoms with Crippen LogP contribution in [0, 0.1) is 0 Å². The van der Waals surface area contributed by atoms with Crippen molar-refractivity contribution in [2.24, 2.45) is 0 Å². The molecule has 4 heteroatoms. The van der Waals surface area contributed by atoms with Crippen LogP contribution in [-0.4, -0.2) is 10.9 Å². The number of carbonyl (C=O) groups excluding carboxylic acids is 1. The first-order valence-corrected chi connectivity index (χ1v) is 7.28. The highest BCUT2D eigenvalue weighted by atomic mass is 16.2. The molecule has 1 aromatic heterocycles. The molecule has 110 valence electrons. The second-order valence-electron chi connectivity index (χ2n) is 5.04. The number of aromatic amines is 1. The zero-order chi connectivity index (χ0) is 15.1. The number of aromatic nitrogens is 1. The Kier molecular flexibility index (Phi) is 5.32. The molecule has 0 atom stereocenters. The zero-order valence-corrected chi connectivity index (χ0v) is 12.2. The van der Waals surface area contributed by atoms with Crippen molar-refractivity contribution in [3.8, 4) is 0 Å². The SMILES string of the molecule is CCCCCc1ccc(NC(=O)c2cccc(=O)[nH]2)cc1. The molecule has 0 aliphatic heterocycles. The quantitative estimate of drug-likeness (QED) is 0.799. The van der Waals surface area contributed by atoms with Gasteiger partial charge in [0.25, 0.3) is 5.91 Å². The molecule has 0 saturated carbocycles. The lowest BCUT2D eigenvalue weighted by Crippen LogP contribution is -2.17. The monoisotopic (exact) mass is 284 g/mol. The summed E-state index contributed by atoms with van der Waals surface area (Å²) in [5.74, 6) is -0.313. The van der Waals surface area contributed by atoms with Gasteiger partial charge in [-0.2, -0.15) is 0 Å². The smallest absolute Gasteiger partial charge is 0.272 e. The highest BCUT2D eigenvalue weighted by Crippen LogP contribution is 2.13. The van der Waals surface area contributed by atoms with E-state index in [0.717, 1.165) is 12.1 Å². The van der Waals surface area contributed by atoms with Crippen molar-refractivity contribution in [1.29, 1.82) is 0 Å². The Morgan fingerprint density at radius 2 is 1.86 bits per heavy atom. The summed E-state index contributed by atoms with van der Waals surface area (Å²) in [7, 11) is 0. The number of benzene rings is 1. The van der Waals surface area contributed by atoms with Gasteiger partial charge in [0, 0.05) is 11.8 Å². The summed E-state index contributed by atoms with van der Waals surface area (Å²) in [5, 5.41) is 2.77. The molecule has 0 aliphatic rings. The van der Waals surface area contributed by atoms with E-state index in [1.54, 1.807) is 12.1 Å². The molecule has 4 nitrogen and oxygen atoms in total. The molecular weight excluding hydrogens is 264 g/mol. The number of hydrogen-bond donors (Lipinski definition) is 2. The van der Waals surface area contributed by atoms with Crippen molar-refractivity contribution >= 4 is 11.6 Å². The van der Waals surface area contributed by atoms with Crippen molar-refractivity contribution in [1.82, 2.24) is 4.98 Å². The van der Waals surface area contributed by atoms with E-state index in [0.29, 0.717) is 0 Å². The lowest BCUT2D eigenvalue weighted by Gasteiger charge is -2.06. The summed E-state index contributed by atoms with van der Waals surface area (Å²) in [6.07, 6.45) is 4.70. The molecule has 1 aromatic carbocycles. The maximum Gasteiger partial charge on any atom is 0.272 e. The van der Waals surface area contributed by atoms with Gasteiger partial charge in [-0.1, -0.05) is 38.0 Å². The molecule has 1 heterocycles. The van der Waals surface area contributed by atoms with E-state index in [9.17, 15) is 9.59 Å². The zero-order valence-electron chi connectivity index (χ0n) is 12.2. The Balaban J connectivity index is 1.96. The van der Waals surface area contributed by atoms with Gasteiger partial charge in [-0.3, -0.25) is 9.59 Å². The number of hydrogen-bond acceptors (Lipinski definition) is 2. The normalized spacial score (nSPS) is 10.3. The van der Waals surface area contributed by atoms with Gasteiger partial charge >= 0.3 is 0 Å². The van der Waals surface area contributed by atoms with Crippen LogP contribution in [0.15, 0.2) is 47.3 Å². The Morgan fingerprint density at radius 3 is 2.52 bits per heavy atom. The van der Waals surface area contributed by atoms with Crippen LogP contribution in [-0.2, 0) is 6.42 Å². The highest BCUT2D eigenvalue weighted by Gasteiger charge is 2.06. The number of anilines is 1. The minimum absolute atomic E-state index is 0.259. The Labute approximate surface area is 124 Å². The Morgan fingerprint density at radius 1 is 1.10 bits per heavy atom. The lowest BCUT2D eigenvalue weighted by molar-refractivity contribution is 0.102. The second-order valence-corrected chi connectivity index (χ2v) is 5.04. The molecule has 0 unspecified atom stereocenters. The first-order chi connectivity index (χ1) is 10.2. The van der Waals surface area contributed by atoms with Crippen LogP contribution in [0.4, 0.5) is 5.69 Å². The third kappa shape index (κ3) is 4.60. The van der Waals surface area contributed by atoms with Crippen LogP contribution in [0.25, 0.3) is 0 Å². The first-order valence-electron chi connectivity index (χ1n) is 7.28. The predicted molar refractivity (Wildman–Crippen MR) is 84.7 cm³/mol. The standard InChI is InChI=1S/C17H20N2O2/c1-2-3-4-6-13-9-11-14(12-10-13)18-17(21)15-7-5-8-16(20)19-15/h5,7-12H,2-4,6H2,1H3,(H,18,21)(H,19,20). The van der Waals surface area contributed by atoms with Crippen LogP contribution < -0.4 is 10.9 Å². The molecule has 0 saturated heterocycles. The highest BCUT2D eigenvalue weighted by molar-refractivity contribution is 6.02. The number of amides is 1. The van der Waals surface area contributed by atoms with Crippen LogP contribution in [0.3, 0.4) is 0 Å². The molecule has 0 aliphatic carbocycles. The third-order valence-corrected chi connectivity index (χ3v) is 3.29. The molecule has 0 fully saturated rings. The van der Waals surface area contributed by atoms with Gasteiger partial charge in [-0.05, 0) is 36.6 Å². The van der Waals surface area contributed by atoms with E-state index in [1.165, 1.54) is 30.9 Å². The fourth-order valence-corrected chi connectivity index (χ4v) is 2.11. The van der Waals surface area contributed by atoms with Gasteiger partial charge < -0.3 is 10.3 Å². The largest absolute Gasteiger partial charge is 0.321 e. The van der Waals surface area contributed by atoms with Crippen molar-refractivity contribution < 1.29 is 4.79 Å². The van der Waals surface area contributed by atoms with E-state index in [-0.39, 0.29) is 17.2 Å². The van der Waals surface area contributed by atoms with E-state index < -0.39 is 0 Å². The summed E-state index contributed by atoms with van der Waals surface area (Å²) in [6.45, 7) is 2.19. The maximum atomic E-state index is 12.0. The Bertz CT molecular complexity index is 644. The number of pyridine rings is 1. The average Bonchev–Trinajstić information content (AvgIpc) is 2.49. The first kappa shape index (κ1) is 15.0. The fourth-order valence-electron chi connectivity index (χ4n) is 2.11. The van der Waals surface area contributed by atoms with E-state index in [4.69, 9.17) is 0 Å². The van der Waals surface area contributed by atoms with E-state index in [2.05, 4.69) is 17.2 Å². The van der Waals surface area contributed by atoms with Gasteiger partial charge in [-0.25, -0.2) is 0 Å². The molecule has 2 N–H and O–H groups in total. The molecule has 2 rings (SSSR count). The third-order valence-electron chi connectivity index (χ3n) is 3.29. The minimum atomic E-state index is -0.313. The van der Waals surface area contributed by atoms with Crippen molar-refractivity contribution in [3.63, 3.8) is 0 Å². The summed E-state index contributed by atoms with van der Waals surface area (Å²) >= 11 is 0. The van der Waals surface area contributed by atoms with Crippen molar-refractivity contribution in [2.75, 3.05) is 5.32 Å². The average molecular weight is 284 g/mol. The van der Waals surface area contributed by atoms with Crippen molar-refractivity contribution in [2.45, 2.75) is 32.6 Å². The number of unbranched alkanes of at least 4 members (excludes halogenated alkanes) is 2. The van der Waals surface area contributed by atoms with Crippen LogP contribution in [0.5, 0.6) is 0 Å². The van der Waals surface area contributed by atoms with Gasteiger partial charge in [-0.15, -0.1) is 0 Å². The molecule has 2 aromatic rings. The van der Waals surface area contributed by atoms with E-state index >= 15 is 0 Å². The van der Waals surface area contributed by atoms with Gasteiger partial charge in [0.05, 0.1) is 0 Å². The summed E-state index contributed by atoms with van der Waals surface area (Å²) < 4.78 is 0. The Hall–Kier alpha value is -2.36. The summed E-state index contributed by atoms with van der Waals surface area (Å²) in [6, 6.07) is 12.3. The fraction of sp³-hybridized carbons (Fsp3) is 0.294. The number of H-pyrrole nitrogens is 1. The van der Waals surface area contributed by atoms with Crippen LogP contribution >= 0.6 is 0 Å². The molecule has 21 heavy (non-hydrogen) atoms.